The molecule has 174 valence electrons. The molecular formula is C29H31N3O2. The van der Waals surface area contributed by atoms with E-state index < -0.39 is 0 Å². The van der Waals surface area contributed by atoms with Crippen LogP contribution >= 0.6 is 0 Å². The van der Waals surface area contributed by atoms with E-state index in [1.54, 1.807) is 11.9 Å². The summed E-state index contributed by atoms with van der Waals surface area (Å²) in [7, 11) is 1.78. The summed E-state index contributed by atoms with van der Waals surface area (Å²) in [5, 5.41) is 8.36. The molecule has 0 aliphatic heterocycles. The molecule has 4 rings (SSSR count). The summed E-state index contributed by atoms with van der Waals surface area (Å²) in [5.74, 6) is 0.883. The summed E-state index contributed by atoms with van der Waals surface area (Å²) in [4.78, 5) is 14.8. The Kier molecular flexibility index (Phi) is 6.92. The predicted molar refractivity (Wildman–Crippen MR) is 134 cm³/mol. The minimum atomic E-state index is -0.0167. The van der Waals surface area contributed by atoms with E-state index in [-0.39, 0.29) is 23.8 Å². The lowest BCUT2D eigenvalue weighted by atomic mass is 9.87. The smallest absolute Gasteiger partial charge is 0.247 e. The van der Waals surface area contributed by atoms with E-state index in [2.05, 4.69) is 67.4 Å². The molecule has 0 N–H and O–H groups in total. The quantitative estimate of drug-likeness (QED) is 0.334. The van der Waals surface area contributed by atoms with E-state index in [4.69, 9.17) is 4.42 Å². The van der Waals surface area contributed by atoms with Gasteiger partial charge in [0.2, 0.25) is 17.7 Å². The molecule has 0 aliphatic rings. The molecule has 1 amide bonds. The third-order valence-corrected chi connectivity index (χ3v) is 6.05. The first-order valence-electron chi connectivity index (χ1n) is 11.6. The van der Waals surface area contributed by atoms with Crippen LogP contribution < -0.4 is 0 Å². The van der Waals surface area contributed by atoms with E-state index in [9.17, 15) is 4.79 Å². The van der Waals surface area contributed by atoms with Crippen LogP contribution in [0.15, 0.2) is 89.3 Å². The second-order valence-electron chi connectivity index (χ2n) is 9.66. The molecule has 0 spiro atoms. The van der Waals surface area contributed by atoms with Gasteiger partial charge < -0.3 is 9.32 Å². The fraction of sp³-hybridized carbons (Fsp3) is 0.276. The van der Waals surface area contributed by atoms with Crippen molar-refractivity contribution in [2.24, 2.45) is 0 Å². The molecule has 0 saturated heterocycles. The maximum absolute atomic E-state index is 13.1. The van der Waals surface area contributed by atoms with Gasteiger partial charge in [-0.1, -0.05) is 93.6 Å². The Labute approximate surface area is 201 Å². The van der Waals surface area contributed by atoms with Gasteiger partial charge in [0.15, 0.2) is 0 Å². The van der Waals surface area contributed by atoms with Crippen molar-refractivity contribution in [2.75, 3.05) is 7.05 Å². The minimum Gasteiger partial charge on any atom is -0.419 e. The van der Waals surface area contributed by atoms with E-state index in [1.807, 2.05) is 48.5 Å². The Morgan fingerprint density at radius 2 is 1.41 bits per heavy atom. The summed E-state index contributed by atoms with van der Waals surface area (Å²) in [6.45, 7) is 6.81. The highest BCUT2D eigenvalue weighted by Crippen LogP contribution is 2.29. The number of nitrogens with zero attached hydrogens (tertiary/aromatic N) is 3. The normalized spacial score (nSPS) is 11.6. The van der Waals surface area contributed by atoms with Crippen LogP contribution in [0.5, 0.6) is 0 Å². The number of amides is 1. The topological polar surface area (TPSA) is 59.2 Å². The predicted octanol–water partition coefficient (Wildman–Crippen LogP) is 6.21. The molecule has 0 unspecified atom stereocenters. The van der Waals surface area contributed by atoms with Crippen LogP contribution in [-0.2, 0) is 16.8 Å². The Balaban J connectivity index is 1.45. The second-order valence-corrected chi connectivity index (χ2v) is 9.66. The van der Waals surface area contributed by atoms with E-state index in [1.165, 1.54) is 5.56 Å². The molecule has 5 nitrogen and oxygen atoms in total. The van der Waals surface area contributed by atoms with Gasteiger partial charge in [0.25, 0.3) is 0 Å². The molecule has 0 bridgehead atoms. The van der Waals surface area contributed by atoms with Gasteiger partial charge in [0.1, 0.15) is 0 Å². The van der Waals surface area contributed by atoms with Crippen LogP contribution in [0.25, 0.3) is 11.5 Å². The summed E-state index contributed by atoms with van der Waals surface area (Å²) in [6.07, 6.45) is 0.361. The highest BCUT2D eigenvalue weighted by Gasteiger charge is 2.22. The number of hydrogen-bond acceptors (Lipinski definition) is 4. The molecule has 0 radical (unpaired) electrons. The first-order valence-corrected chi connectivity index (χ1v) is 11.6. The van der Waals surface area contributed by atoms with Crippen molar-refractivity contribution in [3.05, 3.63) is 108 Å². The maximum Gasteiger partial charge on any atom is 0.247 e. The van der Waals surface area contributed by atoms with Crippen molar-refractivity contribution in [3.8, 4) is 11.5 Å². The first kappa shape index (κ1) is 23.4. The van der Waals surface area contributed by atoms with Crippen molar-refractivity contribution in [3.63, 3.8) is 0 Å². The zero-order valence-corrected chi connectivity index (χ0v) is 20.2. The van der Waals surface area contributed by atoms with Gasteiger partial charge in [-0.2, -0.15) is 0 Å². The van der Waals surface area contributed by atoms with Gasteiger partial charge in [-0.25, -0.2) is 0 Å². The van der Waals surface area contributed by atoms with Gasteiger partial charge in [0, 0.05) is 24.9 Å². The largest absolute Gasteiger partial charge is 0.419 e. The zero-order chi connectivity index (χ0) is 24.1. The van der Waals surface area contributed by atoms with Crippen molar-refractivity contribution < 1.29 is 9.21 Å². The molecule has 0 saturated carbocycles. The number of hydrogen-bond donors (Lipinski definition) is 0. The molecular weight excluding hydrogens is 422 g/mol. The Morgan fingerprint density at radius 1 is 0.853 bits per heavy atom. The van der Waals surface area contributed by atoms with Crippen LogP contribution in [0.3, 0.4) is 0 Å². The van der Waals surface area contributed by atoms with Crippen molar-refractivity contribution in [1.82, 2.24) is 15.1 Å². The third kappa shape index (κ3) is 5.60. The monoisotopic (exact) mass is 453 g/mol. The summed E-state index contributed by atoms with van der Waals surface area (Å²) in [6, 6.07) is 28.5. The average Bonchev–Trinajstić information content (AvgIpc) is 3.31. The van der Waals surface area contributed by atoms with Crippen LogP contribution in [0.2, 0.25) is 0 Å². The van der Waals surface area contributed by atoms with Crippen LogP contribution in [0.4, 0.5) is 0 Å². The highest BCUT2D eigenvalue weighted by atomic mass is 16.4. The van der Waals surface area contributed by atoms with Gasteiger partial charge in [0.05, 0.1) is 6.54 Å². The lowest BCUT2D eigenvalue weighted by Crippen LogP contribution is -2.28. The summed E-state index contributed by atoms with van der Waals surface area (Å²) in [5.41, 5.74) is 4.43. The lowest BCUT2D eigenvalue weighted by molar-refractivity contribution is -0.130. The SMILES string of the molecule is CN(Cc1nnc(-c2ccc(C(C)(C)C)cc2)o1)C(=O)CC(c1ccccc1)c1ccccc1. The molecule has 5 heteroatoms. The molecule has 0 fully saturated rings. The first-order chi connectivity index (χ1) is 16.3. The molecule has 0 aliphatic carbocycles. The molecule has 4 aromatic rings. The molecule has 1 heterocycles. The van der Waals surface area contributed by atoms with Gasteiger partial charge in [-0.15, -0.1) is 10.2 Å². The zero-order valence-electron chi connectivity index (χ0n) is 20.2. The number of carbonyl (C=O) groups is 1. The minimum absolute atomic E-state index is 0.0167. The van der Waals surface area contributed by atoms with E-state index in [0.29, 0.717) is 18.2 Å². The Morgan fingerprint density at radius 3 is 1.94 bits per heavy atom. The number of benzene rings is 3. The highest BCUT2D eigenvalue weighted by molar-refractivity contribution is 5.77. The van der Waals surface area contributed by atoms with Crippen molar-refractivity contribution in [2.45, 2.75) is 45.1 Å². The number of carbonyl (C=O) groups excluding carboxylic acids is 1. The fourth-order valence-corrected chi connectivity index (χ4v) is 3.97. The third-order valence-electron chi connectivity index (χ3n) is 6.05. The Bertz CT molecular complexity index is 1170. The second kappa shape index (κ2) is 10.0. The van der Waals surface area contributed by atoms with Crippen LogP contribution in [0, 0.1) is 0 Å². The molecule has 34 heavy (non-hydrogen) atoms. The summed E-state index contributed by atoms with van der Waals surface area (Å²) >= 11 is 0. The van der Waals surface area contributed by atoms with Crippen LogP contribution in [-0.4, -0.2) is 28.1 Å². The van der Waals surface area contributed by atoms with Crippen molar-refractivity contribution >= 4 is 5.91 Å². The van der Waals surface area contributed by atoms with Gasteiger partial charge >= 0.3 is 0 Å². The van der Waals surface area contributed by atoms with Gasteiger partial charge in [-0.3, -0.25) is 4.79 Å². The molecule has 0 atom stereocenters. The van der Waals surface area contributed by atoms with Gasteiger partial charge in [-0.05, 0) is 34.2 Å². The Hall–Kier alpha value is -3.73. The van der Waals surface area contributed by atoms with Crippen molar-refractivity contribution in [1.29, 1.82) is 0 Å². The number of aromatic nitrogens is 2. The van der Waals surface area contributed by atoms with E-state index >= 15 is 0 Å². The maximum atomic E-state index is 13.1. The average molecular weight is 454 g/mol. The standard InChI is InChI=1S/C29H31N3O2/c1-29(2,3)24-17-15-23(16-18-24)28-31-30-26(34-28)20-32(4)27(33)19-25(21-11-7-5-8-12-21)22-13-9-6-10-14-22/h5-18,25H,19-20H2,1-4H3. The molecule has 1 aromatic heterocycles. The number of rotatable bonds is 7. The van der Waals surface area contributed by atoms with Crippen LogP contribution in [0.1, 0.15) is 55.7 Å². The lowest BCUT2D eigenvalue weighted by Gasteiger charge is -2.21. The summed E-state index contributed by atoms with van der Waals surface area (Å²) < 4.78 is 5.87. The fourth-order valence-electron chi connectivity index (χ4n) is 3.97. The van der Waals surface area contributed by atoms with E-state index in [0.717, 1.165) is 16.7 Å². The molecule has 3 aromatic carbocycles.